The molecule has 0 saturated heterocycles. The van der Waals surface area contributed by atoms with Gasteiger partial charge in [-0.2, -0.15) is 0 Å². The Kier molecular flexibility index (Phi) is 11.4. The van der Waals surface area contributed by atoms with Crippen molar-refractivity contribution in [1.29, 1.82) is 0 Å². The van der Waals surface area contributed by atoms with Gasteiger partial charge in [0.15, 0.2) is 0 Å². The molecule has 242 valence electrons. The van der Waals surface area contributed by atoms with Gasteiger partial charge in [0.1, 0.15) is 12.6 Å². The van der Waals surface area contributed by atoms with Crippen LogP contribution in [-0.2, 0) is 32.6 Å². The van der Waals surface area contributed by atoms with Gasteiger partial charge in [-0.15, -0.1) is 0 Å². The molecular formula is C38H45N3O4S. The van der Waals surface area contributed by atoms with Crippen molar-refractivity contribution in [3.05, 3.63) is 131 Å². The number of anilines is 1. The Labute approximate surface area is 274 Å². The van der Waals surface area contributed by atoms with E-state index in [4.69, 9.17) is 0 Å². The average molecular weight is 640 g/mol. The maximum Gasteiger partial charge on any atom is 0.264 e. The van der Waals surface area contributed by atoms with Crippen molar-refractivity contribution in [2.45, 2.75) is 77.4 Å². The Morgan fingerprint density at radius 2 is 1.37 bits per heavy atom. The molecule has 0 saturated carbocycles. The monoisotopic (exact) mass is 639 g/mol. The molecule has 7 nitrogen and oxygen atoms in total. The topological polar surface area (TPSA) is 86.8 Å². The van der Waals surface area contributed by atoms with E-state index in [9.17, 15) is 18.0 Å². The highest BCUT2D eigenvalue weighted by Crippen LogP contribution is 2.27. The molecule has 0 spiro atoms. The fraction of sp³-hybridized carbons (Fsp3) is 0.316. The largest absolute Gasteiger partial charge is 0.352 e. The average Bonchev–Trinajstić information content (AvgIpc) is 3.02. The number of hydrogen-bond acceptors (Lipinski definition) is 4. The summed E-state index contributed by atoms with van der Waals surface area (Å²) in [7, 11) is -4.15. The predicted octanol–water partition coefficient (Wildman–Crippen LogP) is 6.79. The van der Waals surface area contributed by atoms with Gasteiger partial charge in [0.2, 0.25) is 11.8 Å². The summed E-state index contributed by atoms with van der Waals surface area (Å²) in [4.78, 5) is 30.1. The molecule has 1 atom stereocenters. The molecule has 4 rings (SSSR count). The lowest BCUT2D eigenvalue weighted by Crippen LogP contribution is -2.54. The van der Waals surface area contributed by atoms with E-state index in [1.807, 2.05) is 94.4 Å². The third kappa shape index (κ3) is 8.63. The molecule has 0 radical (unpaired) electrons. The number of hydrogen-bond donors (Lipinski definition) is 1. The number of carbonyl (C=O) groups excluding carboxylic acids is 2. The number of rotatable bonds is 13. The van der Waals surface area contributed by atoms with Crippen molar-refractivity contribution < 1.29 is 18.0 Å². The number of nitrogens with one attached hydrogen (secondary N) is 1. The van der Waals surface area contributed by atoms with E-state index < -0.39 is 28.5 Å². The van der Waals surface area contributed by atoms with Crippen LogP contribution in [0.4, 0.5) is 5.69 Å². The second-order valence-corrected chi connectivity index (χ2v) is 14.3. The summed E-state index contributed by atoms with van der Waals surface area (Å²) in [5, 5.41) is 3.00. The van der Waals surface area contributed by atoms with Crippen LogP contribution >= 0.6 is 0 Å². The lowest BCUT2D eigenvalue weighted by atomic mass is 10.0. The van der Waals surface area contributed by atoms with Gasteiger partial charge < -0.3 is 10.2 Å². The first-order chi connectivity index (χ1) is 21.9. The molecule has 0 bridgehead atoms. The van der Waals surface area contributed by atoms with E-state index in [2.05, 4.69) is 19.2 Å². The maximum atomic E-state index is 14.6. The van der Waals surface area contributed by atoms with Gasteiger partial charge in [0, 0.05) is 19.0 Å². The molecule has 0 aromatic heterocycles. The minimum Gasteiger partial charge on any atom is -0.352 e. The second-order valence-electron chi connectivity index (χ2n) is 12.4. The normalized spacial score (nSPS) is 12.2. The summed E-state index contributed by atoms with van der Waals surface area (Å²) >= 11 is 0. The summed E-state index contributed by atoms with van der Waals surface area (Å²) in [6.45, 7) is 11.4. The molecule has 1 N–H and O–H groups in total. The van der Waals surface area contributed by atoms with Gasteiger partial charge in [-0.1, -0.05) is 98.3 Å². The number of carbonyl (C=O) groups is 2. The van der Waals surface area contributed by atoms with E-state index in [1.54, 1.807) is 36.4 Å². The quantitative estimate of drug-likeness (QED) is 0.175. The highest BCUT2D eigenvalue weighted by atomic mass is 32.2. The number of nitrogens with zero attached hydrogens (tertiary/aromatic N) is 2. The van der Waals surface area contributed by atoms with Crippen LogP contribution in [0.3, 0.4) is 0 Å². The lowest BCUT2D eigenvalue weighted by molar-refractivity contribution is -0.140. The highest BCUT2D eigenvalue weighted by Gasteiger charge is 2.35. The zero-order valence-corrected chi connectivity index (χ0v) is 28.4. The van der Waals surface area contributed by atoms with Gasteiger partial charge in [-0.3, -0.25) is 13.9 Å². The van der Waals surface area contributed by atoms with E-state index in [-0.39, 0.29) is 35.7 Å². The first-order valence-corrected chi connectivity index (χ1v) is 17.2. The predicted molar refractivity (Wildman–Crippen MR) is 185 cm³/mol. The molecular weight excluding hydrogens is 595 g/mol. The molecule has 8 heteroatoms. The van der Waals surface area contributed by atoms with Crippen LogP contribution in [0.1, 0.15) is 61.4 Å². The van der Waals surface area contributed by atoms with Crippen molar-refractivity contribution >= 4 is 27.5 Å². The molecule has 4 aromatic rings. The first kappa shape index (κ1) is 34.4. The molecule has 2 amide bonds. The minimum atomic E-state index is -4.15. The Hall–Kier alpha value is -4.43. The van der Waals surface area contributed by atoms with Crippen LogP contribution in [0.15, 0.2) is 108 Å². The third-order valence-corrected chi connectivity index (χ3v) is 9.83. The molecule has 0 heterocycles. The van der Waals surface area contributed by atoms with Crippen molar-refractivity contribution in [3.8, 4) is 0 Å². The number of sulfonamides is 1. The van der Waals surface area contributed by atoms with E-state index in [0.29, 0.717) is 5.69 Å². The molecule has 0 aliphatic carbocycles. The maximum absolute atomic E-state index is 14.6. The smallest absolute Gasteiger partial charge is 0.264 e. The molecule has 46 heavy (non-hydrogen) atoms. The molecule has 1 unspecified atom stereocenters. The fourth-order valence-electron chi connectivity index (χ4n) is 5.30. The van der Waals surface area contributed by atoms with Gasteiger partial charge in [0.25, 0.3) is 10.0 Å². The summed E-state index contributed by atoms with van der Waals surface area (Å²) in [6.07, 6.45) is 0.269. The van der Waals surface area contributed by atoms with Gasteiger partial charge in [0.05, 0.1) is 10.6 Å². The summed E-state index contributed by atoms with van der Waals surface area (Å²) in [6, 6.07) is 30.1. The van der Waals surface area contributed by atoms with E-state index >= 15 is 0 Å². The number of aryl methyl sites for hydroxylation is 2. The van der Waals surface area contributed by atoms with E-state index in [0.717, 1.165) is 32.1 Å². The Morgan fingerprint density at radius 1 is 0.761 bits per heavy atom. The number of amides is 2. The standard InChI is InChI=1S/C38H45N3O4S/c1-27(2)32-18-20-34(21-19-32)41(46(44,45)35-22-16-29(5)17-23-35)26-37(42)40(25-33-15-11-10-12-30(33)6)36(38(43)39-28(3)4)24-31-13-8-7-9-14-31/h7-23,27-28,36H,24-26H2,1-6H3,(H,39,43). The van der Waals surface area contributed by atoms with Crippen molar-refractivity contribution in [2.24, 2.45) is 0 Å². The molecule has 0 aliphatic heterocycles. The van der Waals surface area contributed by atoms with Crippen LogP contribution < -0.4 is 9.62 Å². The third-order valence-electron chi connectivity index (χ3n) is 8.04. The fourth-order valence-corrected chi connectivity index (χ4v) is 6.71. The summed E-state index contributed by atoms with van der Waals surface area (Å²) in [5.41, 5.74) is 5.09. The van der Waals surface area contributed by atoms with Gasteiger partial charge in [-0.25, -0.2) is 8.42 Å². The SMILES string of the molecule is Cc1ccc(S(=O)(=O)N(CC(=O)N(Cc2ccccc2C)C(Cc2ccccc2)C(=O)NC(C)C)c2ccc(C(C)C)cc2)cc1. The van der Waals surface area contributed by atoms with Crippen LogP contribution in [-0.4, -0.2) is 43.8 Å². The van der Waals surface area contributed by atoms with Crippen molar-refractivity contribution in [3.63, 3.8) is 0 Å². The van der Waals surface area contributed by atoms with Gasteiger partial charge >= 0.3 is 0 Å². The van der Waals surface area contributed by atoms with Crippen LogP contribution in [0, 0.1) is 13.8 Å². The lowest BCUT2D eigenvalue weighted by Gasteiger charge is -2.34. The Morgan fingerprint density at radius 3 is 1.96 bits per heavy atom. The highest BCUT2D eigenvalue weighted by molar-refractivity contribution is 7.92. The van der Waals surface area contributed by atoms with Crippen LogP contribution in [0.5, 0.6) is 0 Å². The molecule has 0 aliphatic rings. The molecule has 0 fully saturated rings. The molecule has 4 aromatic carbocycles. The number of benzene rings is 4. The van der Waals surface area contributed by atoms with Crippen LogP contribution in [0.25, 0.3) is 0 Å². The summed E-state index contributed by atoms with van der Waals surface area (Å²) < 4.78 is 29.7. The Balaban J connectivity index is 1.82. The first-order valence-electron chi connectivity index (χ1n) is 15.7. The summed E-state index contributed by atoms with van der Waals surface area (Å²) in [5.74, 6) is -0.526. The zero-order chi connectivity index (χ0) is 33.4. The zero-order valence-electron chi connectivity index (χ0n) is 27.6. The van der Waals surface area contributed by atoms with E-state index in [1.165, 1.54) is 4.90 Å². The van der Waals surface area contributed by atoms with Crippen LogP contribution in [0.2, 0.25) is 0 Å². The van der Waals surface area contributed by atoms with Gasteiger partial charge in [-0.05, 0) is 80.1 Å². The second kappa shape index (κ2) is 15.2. The minimum absolute atomic E-state index is 0.0858. The Bertz CT molecular complexity index is 1720. The van der Waals surface area contributed by atoms with Crippen molar-refractivity contribution in [1.82, 2.24) is 10.2 Å². The van der Waals surface area contributed by atoms with Crippen molar-refractivity contribution in [2.75, 3.05) is 10.8 Å².